The molecule has 1 aromatic carbocycles. The van der Waals surface area contributed by atoms with E-state index < -0.39 is 41.8 Å². The molecule has 1 N–H and O–H groups in total. The van der Waals surface area contributed by atoms with Crippen LogP contribution in [0.25, 0.3) is 0 Å². The number of carbonyl (C=O) groups excluding carboxylic acids is 2. The first-order valence-electron chi connectivity index (χ1n) is 12.8. The Balaban J connectivity index is 1.69. The van der Waals surface area contributed by atoms with Gasteiger partial charge in [0.1, 0.15) is 11.6 Å². The Morgan fingerprint density at radius 3 is 2.17 bits per heavy atom. The van der Waals surface area contributed by atoms with Crippen molar-refractivity contribution in [2.75, 3.05) is 6.54 Å². The van der Waals surface area contributed by atoms with E-state index in [2.05, 4.69) is 10.1 Å². The number of hydrogen-bond acceptors (Lipinski definition) is 5. The molecule has 0 radical (unpaired) electrons. The van der Waals surface area contributed by atoms with Crippen molar-refractivity contribution >= 4 is 40.9 Å². The number of benzene rings is 1. The smallest absolute Gasteiger partial charge is 0.306 e. The van der Waals surface area contributed by atoms with Crippen LogP contribution in [-0.4, -0.2) is 49.0 Å². The summed E-state index contributed by atoms with van der Waals surface area (Å²) in [6.45, 7) is 3.06. The summed E-state index contributed by atoms with van der Waals surface area (Å²) in [5, 5.41) is 13.9. The number of carboxylic acid groups (broad SMARTS) is 1. The van der Waals surface area contributed by atoms with Gasteiger partial charge in [-0.1, -0.05) is 37.0 Å². The zero-order valence-electron chi connectivity index (χ0n) is 21.9. The van der Waals surface area contributed by atoms with Gasteiger partial charge >= 0.3 is 5.97 Å². The summed E-state index contributed by atoms with van der Waals surface area (Å²) >= 11 is 12.3. The van der Waals surface area contributed by atoms with Gasteiger partial charge in [0.25, 0.3) is 5.91 Å². The van der Waals surface area contributed by atoms with Crippen molar-refractivity contribution in [2.45, 2.75) is 58.0 Å². The summed E-state index contributed by atoms with van der Waals surface area (Å²) in [5.74, 6) is -4.14. The first-order valence-corrected chi connectivity index (χ1v) is 13.6. The Morgan fingerprint density at radius 2 is 1.62 bits per heavy atom. The van der Waals surface area contributed by atoms with Crippen molar-refractivity contribution in [1.82, 2.24) is 19.7 Å². The number of nitrogens with zero attached hydrogens (tertiary/aromatic N) is 4. The molecule has 0 atom stereocenters. The molecule has 1 aliphatic carbocycles. The maximum absolute atomic E-state index is 14.0. The molecular formula is C28H28Cl2F2N4O4. The minimum Gasteiger partial charge on any atom is -0.481 e. The van der Waals surface area contributed by atoms with Crippen molar-refractivity contribution in [3.8, 4) is 0 Å². The lowest BCUT2D eigenvalue weighted by Gasteiger charge is -2.29. The summed E-state index contributed by atoms with van der Waals surface area (Å²) in [5.41, 5.74) is 1.01. The monoisotopic (exact) mass is 592 g/mol. The molecular weight excluding hydrogens is 565 g/mol. The summed E-state index contributed by atoms with van der Waals surface area (Å²) < 4.78 is 29.8. The highest BCUT2D eigenvalue weighted by Crippen LogP contribution is 2.35. The molecule has 1 amide bonds. The maximum Gasteiger partial charge on any atom is 0.306 e. The lowest BCUT2D eigenvalue weighted by molar-refractivity contribution is -0.143. The van der Waals surface area contributed by atoms with E-state index in [1.807, 2.05) is 13.8 Å². The van der Waals surface area contributed by atoms with E-state index in [9.17, 15) is 28.3 Å². The second-order valence-electron chi connectivity index (χ2n) is 10.2. The molecule has 0 aliphatic heterocycles. The fourth-order valence-electron chi connectivity index (χ4n) is 5.19. The van der Waals surface area contributed by atoms with Crippen LogP contribution in [0.15, 0.2) is 36.8 Å². The van der Waals surface area contributed by atoms with Crippen LogP contribution in [0.3, 0.4) is 0 Å². The third-order valence-corrected chi connectivity index (χ3v) is 7.63. The minimum atomic E-state index is -0.818. The highest BCUT2D eigenvalue weighted by molar-refractivity contribution is 6.39. The van der Waals surface area contributed by atoms with Gasteiger partial charge in [0.15, 0.2) is 5.78 Å². The molecule has 8 nitrogen and oxygen atoms in total. The fourth-order valence-corrected chi connectivity index (χ4v) is 5.77. The van der Waals surface area contributed by atoms with Gasteiger partial charge in [-0.05, 0) is 49.3 Å². The van der Waals surface area contributed by atoms with E-state index in [-0.39, 0.29) is 45.2 Å². The average Bonchev–Trinajstić information content (AvgIpc) is 3.33. The molecule has 0 unspecified atom stereocenters. The maximum atomic E-state index is 14.0. The molecule has 4 rings (SSSR count). The highest BCUT2D eigenvalue weighted by Gasteiger charge is 2.32. The van der Waals surface area contributed by atoms with Crippen LogP contribution in [0.4, 0.5) is 8.78 Å². The lowest BCUT2D eigenvalue weighted by atomic mass is 9.86. The third-order valence-electron chi connectivity index (χ3n) is 7.05. The molecule has 212 valence electrons. The van der Waals surface area contributed by atoms with Crippen LogP contribution in [-0.2, 0) is 11.3 Å². The number of hydrogen-bond donors (Lipinski definition) is 1. The number of ketones is 1. The molecule has 12 heteroatoms. The number of carboxylic acids is 1. The molecule has 1 aliphatic rings. The predicted molar refractivity (Wildman–Crippen MR) is 145 cm³/mol. The van der Waals surface area contributed by atoms with Crippen molar-refractivity contribution in [2.24, 2.45) is 5.92 Å². The van der Waals surface area contributed by atoms with Gasteiger partial charge in [-0.2, -0.15) is 5.10 Å². The van der Waals surface area contributed by atoms with Gasteiger partial charge in [0, 0.05) is 25.0 Å². The SMILES string of the molecule is CC(C)c1c(C(=O)N(CC(=O)c2c(Cl)cncc2Cl)Cc2cc(F)cc(F)c2)cnn1[C@H]1CC[C@H](C(=O)O)CC1. The lowest BCUT2D eigenvalue weighted by Crippen LogP contribution is -2.36. The third kappa shape index (κ3) is 6.50. The Hall–Kier alpha value is -3.37. The number of amides is 1. The topological polar surface area (TPSA) is 105 Å². The molecule has 2 heterocycles. The standard InChI is InChI=1S/C28H28Cl2F2N4O4/c1-15(2)26-21(10-34-36(26)20-5-3-17(4-6-20)28(39)40)27(38)35(13-16-7-18(31)9-19(32)8-16)14-24(37)25-22(29)11-33-12-23(25)30/h7-12,15,17,20H,3-6,13-14H2,1-2H3,(H,39,40)/t17-,20-. The predicted octanol–water partition coefficient (Wildman–Crippen LogP) is 6.33. The van der Waals surface area contributed by atoms with E-state index in [0.29, 0.717) is 31.4 Å². The van der Waals surface area contributed by atoms with Crippen molar-refractivity contribution in [1.29, 1.82) is 0 Å². The minimum absolute atomic E-state index is 0.00866. The summed E-state index contributed by atoms with van der Waals surface area (Å²) in [4.78, 5) is 43.7. The van der Waals surface area contributed by atoms with Crippen molar-refractivity contribution in [3.05, 3.63) is 80.9 Å². The number of aliphatic carboxylic acids is 1. The van der Waals surface area contributed by atoms with E-state index in [4.69, 9.17) is 23.2 Å². The first-order chi connectivity index (χ1) is 19.0. The van der Waals surface area contributed by atoms with E-state index in [1.165, 1.54) is 23.5 Å². The van der Waals surface area contributed by atoms with Gasteiger partial charge in [0.2, 0.25) is 0 Å². The van der Waals surface area contributed by atoms with Crippen LogP contribution < -0.4 is 0 Å². The largest absolute Gasteiger partial charge is 0.481 e. The van der Waals surface area contributed by atoms with E-state index in [1.54, 1.807) is 4.68 Å². The Bertz CT molecular complexity index is 1400. The second kappa shape index (κ2) is 12.4. The van der Waals surface area contributed by atoms with E-state index in [0.717, 1.165) is 18.2 Å². The molecule has 1 fully saturated rings. The number of pyridine rings is 1. The zero-order chi connectivity index (χ0) is 29.1. The molecule has 1 saturated carbocycles. The van der Waals surface area contributed by atoms with Gasteiger partial charge < -0.3 is 10.0 Å². The van der Waals surface area contributed by atoms with E-state index >= 15 is 0 Å². The van der Waals surface area contributed by atoms with Crippen LogP contribution >= 0.6 is 23.2 Å². The first kappa shape index (κ1) is 29.6. The van der Waals surface area contributed by atoms with Crippen molar-refractivity contribution in [3.63, 3.8) is 0 Å². The van der Waals surface area contributed by atoms with Crippen LogP contribution in [0.5, 0.6) is 0 Å². The molecule has 40 heavy (non-hydrogen) atoms. The summed E-state index contributed by atoms with van der Waals surface area (Å²) in [7, 11) is 0. The van der Waals surface area contributed by atoms with Gasteiger partial charge in [-0.15, -0.1) is 0 Å². The quantitative estimate of drug-likeness (QED) is 0.291. The van der Waals surface area contributed by atoms with Gasteiger partial charge in [-0.25, -0.2) is 8.78 Å². The number of carbonyl (C=O) groups is 3. The van der Waals surface area contributed by atoms with Crippen LogP contribution in [0, 0.1) is 17.6 Å². The molecule has 3 aromatic rings. The number of rotatable bonds is 9. The van der Waals surface area contributed by atoms with Crippen molar-refractivity contribution < 1.29 is 28.3 Å². The van der Waals surface area contributed by atoms with Crippen LogP contribution in [0.2, 0.25) is 10.0 Å². The Kier molecular flexibility index (Phi) is 9.20. The number of halogens is 4. The molecule has 0 spiro atoms. The Labute approximate surface area is 239 Å². The normalized spacial score (nSPS) is 17.2. The molecule has 0 bridgehead atoms. The summed E-state index contributed by atoms with van der Waals surface area (Å²) in [6, 6.07) is 2.82. The van der Waals surface area contributed by atoms with Gasteiger partial charge in [-0.3, -0.25) is 24.0 Å². The molecule has 0 saturated heterocycles. The highest BCUT2D eigenvalue weighted by atomic mass is 35.5. The fraction of sp³-hybridized carbons (Fsp3) is 0.393. The number of Topliss-reactive ketones (excluding diaryl/α,β-unsaturated/α-hetero) is 1. The second-order valence-corrected chi connectivity index (χ2v) is 11.0. The van der Waals surface area contributed by atoms with Crippen LogP contribution in [0.1, 0.15) is 83.5 Å². The Morgan fingerprint density at radius 1 is 1.02 bits per heavy atom. The zero-order valence-corrected chi connectivity index (χ0v) is 23.4. The molecule has 2 aromatic heterocycles. The number of aromatic nitrogens is 3. The average molecular weight is 593 g/mol. The van der Waals surface area contributed by atoms with Gasteiger partial charge in [0.05, 0.1) is 51.6 Å². The summed E-state index contributed by atoms with van der Waals surface area (Å²) in [6.07, 6.45) is 6.13.